The van der Waals surface area contributed by atoms with Crippen molar-refractivity contribution in [3.8, 4) is 0 Å². The molecule has 1 heterocycles. The maximum atomic E-state index is 11.5. The molecule has 4 nitrogen and oxygen atoms in total. The molecule has 2 fully saturated rings. The number of likely N-dealkylation sites (tertiary alicyclic amines) is 1. The molecule has 1 unspecified atom stereocenters. The van der Waals surface area contributed by atoms with Crippen molar-refractivity contribution in [1.29, 1.82) is 0 Å². The molecule has 2 aliphatic rings. The van der Waals surface area contributed by atoms with Crippen LogP contribution in [0.5, 0.6) is 0 Å². The van der Waals surface area contributed by atoms with E-state index in [1.54, 1.807) is 0 Å². The molecule has 110 valence electrons. The average Bonchev–Trinajstić information content (AvgIpc) is 2.43. The highest BCUT2D eigenvalue weighted by atomic mass is 16.5. The van der Waals surface area contributed by atoms with E-state index < -0.39 is 6.04 Å². The monoisotopic (exact) mass is 268 g/mol. The Morgan fingerprint density at radius 1 is 1.21 bits per heavy atom. The van der Waals surface area contributed by atoms with Crippen molar-refractivity contribution in [1.82, 2.24) is 4.90 Å². The molecule has 0 bridgehead atoms. The van der Waals surface area contributed by atoms with Crippen LogP contribution in [0.3, 0.4) is 0 Å². The minimum absolute atomic E-state index is 0.263. The highest BCUT2D eigenvalue weighted by Gasteiger charge is 2.36. The van der Waals surface area contributed by atoms with Gasteiger partial charge in [-0.05, 0) is 51.1 Å². The van der Waals surface area contributed by atoms with E-state index in [0.29, 0.717) is 18.6 Å². The number of nitrogens with zero attached hydrogens (tertiary/aromatic N) is 1. The van der Waals surface area contributed by atoms with E-state index >= 15 is 0 Å². The highest BCUT2D eigenvalue weighted by Crippen LogP contribution is 2.44. The topological polar surface area (TPSA) is 55.6 Å². The Labute approximate surface area is 116 Å². The van der Waals surface area contributed by atoms with Crippen LogP contribution in [-0.4, -0.2) is 43.2 Å². The van der Waals surface area contributed by atoms with Crippen LogP contribution >= 0.6 is 0 Å². The molecule has 0 aromatic carbocycles. The summed E-state index contributed by atoms with van der Waals surface area (Å²) in [6.45, 7) is 5.06. The van der Waals surface area contributed by atoms with Gasteiger partial charge in [-0.15, -0.1) is 0 Å². The minimum Gasteiger partial charge on any atom is -0.465 e. The molecule has 0 aromatic heterocycles. The number of nitrogens with two attached hydrogens (primary N) is 1. The lowest BCUT2D eigenvalue weighted by atomic mass is 9.68. The van der Waals surface area contributed by atoms with Gasteiger partial charge in [0.25, 0.3) is 0 Å². The maximum absolute atomic E-state index is 11.5. The van der Waals surface area contributed by atoms with Gasteiger partial charge in [-0.3, -0.25) is 4.79 Å². The summed E-state index contributed by atoms with van der Waals surface area (Å²) in [5, 5.41) is 0. The van der Waals surface area contributed by atoms with Crippen LogP contribution in [0.25, 0.3) is 0 Å². The molecule has 0 radical (unpaired) electrons. The summed E-state index contributed by atoms with van der Waals surface area (Å²) in [5.74, 6) is -0.263. The van der Waals surface area contributed by atoms with Crippen molar-refractivity contribution in [2.45, 2.75) is 57.9 Å². The van der Waals surface area contributed by atoms with Crippen molar-refractivity contribution in [2.75, 3.05) is 26.2 Å². The van der Waals surface area contributed by atoms with Gasteiger partial charge in [0.15, 0.2) is 0 Å². The van der Waals surface area contributed by atoms with Gasteiger partial charge in [0.2, 0.25) is 0 Å². The van der Waals surface area contributed by atoms with Gasteiger partial charge in [0.05, 0.1) is 6.61 Å². The molecule has 4 heteroatoms. The second-order valence-electron chi connectivity index (χ2n) is 6.22. The van der Waals surface area contributed by atoms with Gasteiger partial charge in [0.1, 0.15) is 6.04 Å². The van der Waals surface area contributed by atoms with E-state index in [0.717, 1.165) is 13.1 Å². The lowest BCUT2D eigenvalue weighted by Crippen LogP contribution is -2.48. The van der Waals surface area contributed by atoms with E-state index in [2.05, 4.69) is 4.90 Å². The first kappa shape index (κ1) is 14.8. The van der Waals surface area contributed by atoms with Gasteiger partial charge in [0, 0.05) is 6.54 Å². The van der Waals surface area contributed by atoms with E-state index in [4.69, 9.17) is 10.5 Å². The summed E-state index contributed by atoms with van der Waals surface area (Å²) in [7, 11) is 0. The lowest BCUT2D eigenvalue weighted by molar-refractivity contribution is -0.145. The van der Waals surface area contributed by atoms with Crippen LogP contribution in [-0.2, 0) is 9.53 Å². The molecule has 0 amide bonds. The van der Waals surface area contributed by atoms with Crippen molar-refractivity contribution < 1.29 is 9.53 Å². The first-order valence-corrected chi connectivity index (χ1v) is 7.80. The summed E-state index contributed by atoms with van der Waals surface area (Å²) in [6, 6.07) is -0.486. The van der Waals surface area contributed by atoms with Crippen LogP contribution < -0.4 is 5.73 Å². The highest BCUT2D eigenvalue weighted by molar-refractivity contribution is 5.75. The Bertz CT molecular complexity index is 291. The number of rotatable bonds is 4. The Hall–Kier alpha value is -0.610. The van der Waals surface area contributed by atoms with Gasteiger partial charge in [-0.25, -0.2) is 0 Å². The Morgan fingerprint density at radius 3 is 2.42 bits per heavy atom. The Morgan fingerprint density at radius 2 is 1.84 bits per heavy atom. The average molecular weight is 268 g/mol. The zero-order chi connectivity index (χ0) is 13.7. The first-order valence-electron chi connectivity index (χ1n) is 7.80. The fourth-order valence-corrected chi connectivity index (χ4v) is 3.61. The number of ether oxygens (including phenoxy) is 1. The third kappa shape index (κ3) is 3.93. The van der Waals surface area contributed by atoms with Crippen LogP contribution in [0.15, 0.2) is 0 Å². The SMILES string of the molecule is CCOC(=O)C(N)CN1CCC2(CCCCC2)CC1. The largest absolute Gasteiger partial charge is 0.465 e. The van der Waals surface area contributed by atoms with Crippen molar-refractivity contribution >= 4 is 5.97 Å². The van der Waals surface area contributed by atoms with Crippen molar-refractivity contribution in [2.24, 2.45) is 11.1 Å². The number of hydrogen-bond acceptors (Lipinski definition) is 4. The van der Waals surface area contributed by atoms with E-state index in [1.807, 2.05) is 6.92 Å². The zero-order valence-corrected chi connectivity index (χ0v) is 12.2. The Kier molecular flexibility index (Phi) is 5.22. The van der Waals surface area contributed by atoms with E-state index in [1.165, 1.54) is 44.9 Å². The number of hydrogen-bond donors (Lipinski definition) is 1. The van der Waals surface area contributed by atoms with Crippen LogP contribution in [0, 0.1) is 5.41 Å². The zero-order valence-electron chi connectivity index (χ0n) is 12.2. The minimum atomic E-state index is -0.486. The Balaban J connectivity index is 1.75. The molecule has 1 aliphatic heterocycles. The molecule has 1 saturated carbocycles. The summed E-state index contributed by atoms with van der Waals surface area (Å²) < 4.78 is 4.96. The number of esters is 1. The smallest absolute Gasteiger partial charge is 0.324 e. The molecule has 2 N–H and O–H groups in total. The van der Waals surface area contributed by atoms with Crippen molar-refractivity contribution in [3.63, 3.8) is 0 Å². The summed E-state index contributed by atoms with van der Waals surface area (Å²) in [6.07, 6.45) is 9.60. The molecule has 1 aliphatic carbocycles. The molecular weight excluding hydrogens is 240 g/mol. The normalized spacial score (nSPS) is 25.2. The predicted octanol–water partition coefficient (Wildman–Crippen LogP) is 1.92. The molecule has 1 atom stereocenters. The third-order valence-electron chi connectivity index (χ3n) is 4.88. The second kappa shape index (κ2) is 6.71. The molecular formula is C15H28N2O2. The second-order valence-corrected chi connectivity index (χ2v) is 6.22. The van der Waals surface area contributed by atoms with Gasteiger partial charge < -0.3 is 15.4 Å². The van der Waals surface area contributed by atoms with E-state index in [9.17, 15) is 4.79 Å². The molecule has 0 aromatic rings. The predicted molar refractivity (Wildman–Crippen MR) is 75.8 cm³/mol. The number of piperidine rings is 1. The number of carbonyl (C=O) groups excluding carboxylic acids is 1. The maximum Gasteiger partial charge on any atom is 0.324 e. The van der Waals surface area contributed by atoms with Crippen molar-refractivity contribution in [3.05, 3.63) is 0 Å². The third-order valence-corrected chi connectivity index (χ3v) is 4.88. The fourth-order valence-electron chi connectivity index (χ4n) is 3.61. The quantitative estimate of drug-likeness (QED) is 0.792. The van der Waals surface area contributed by atoms with Gasteiger partial charge in [-0.2, -0.15) is 0 Å². The van der Waals surface area contributed by atoms with Crippen LogP contribution in [0.1, 0.15) is 51.9 Å². The van der Waals surface area contributed by atoms with E-state index in [-0.39, 0.29) is 5.97 Å². The lowest BCUT2D eigenvalue weighted by Gasteiger charge is -2.44. The van der Waals surface area contributed by atoms with Gasteiger partial charge in [-0.1, -0.05) is 19.3 Å². The van der Waals surface area contributed by atoms with Crippen LogP contribution in [0.2, 0.25) is 0 Å². The number of carbonyl (C=O) groups is 1. The summed E-state index contributed by atoms with van der Waals surface area (Å²) in [5.41, 5.74) is 6.50. The fraction of sp³-hybridized carbons (Fsp3) is 0.933. The first-order chi connectivity index (χ1) is 9.15. The van der Waals surface area contributed by atoms with Crippen LogP contribution in [0.4, 0.5) is 0 Å². The molecule has 1 spiro atoms. The molecule has 1 saturated heterocycles. The van der Waals surface area contributed by atoms with Gasteiger partial charge >= 0.3 is 5.97 Å². The standard InChI is InChI=1S/C15H28N2O2/c1-2-19-14(18)13(16)12-17-10-8-15(9-11-17)6-4-3-5-7-15/h13H,2-12,16H2,1H3. The summed E-state index contributed by atoms with van der Waals surface area (Å²) >= 11 is 0. The molecule has 2 rings (SSSR count). The molecule has 19 heavy (non-hydrogen) atoms. The summed E-state index contributed by atoms with van der Waals surface area (Å²) in [4.78, 5) is 13.9.